The molecule has 2 aromatic rings. The van der Waals surface area contributed by atoms with Gasteiger partial charge in [-0.25, -0.2) is 9.59 Å². The van der Waals surface area contributed by atoms with Crippen LogP contribution in [0.5, 0.6) is 0 Å². The molecule has 1 aliphatic heterocycles. The Labute approximate surface area is 199 Å². The van der Waals surface area contributed by atoms with Crippen molar-refractivity contribution in [3.63, 3.8) is 0 Å². The van der Waals surface area contributed by atoms with Gasteiger partial charge in [0.15, 0.2) is 0 Å². The van der Waals surface area contributed by atoms with Crippen molar-refractivity contribution in [3.05, 3.63) is 59.7 Å². The van der Waals surface area contributed by atoms with E-state index in [-0.39, 0.29) is 36.8 Å². The van der Waals surface area contributed by atoms with E-state index in [0.29, 0.717) is 19.4 Å². The third-order valence-corrected chi connectivity index (χ3v) is 7.66. The minimum Gasteiger partial charge on any atom is -0.479 e. The maximum absolute atomic E-state index is 12.8. The number of piperidine rings is 1. The third kappa shape index (κ3) is 3.83. The highest BCUT2D eigenvalue weighted by atomic mass is 16.5. The van der Waals surface area contributed by atoms with Crippen LogP contribution in [0.4, 0.5) is 4.79 Å². The molecular formula is C27H30N2O5. The van der Waals surface area contributed by atoms with E-state index in [4.69, 9.17) is 4.74 Å². The summed E-state index contributed by atoms with van der Waals surface area (Å²) in [4.78, 5) is 38.6. The molecule has 178 valence electrons. The molecule has 2 N–H and O–H groups in total. The van der Waals surface area contributed by atoms with E-state index < -0.39 is 17.6 Å². The summed E-state index contributed by atoms with van der Waals surface area (Å²) in [5.74, 6) is -0.965. The molecule has 7 nitrogen and oxygen atoms in total. The lowest BCUT2D eigenvalue weighted by Crippen LogP contribution is -2.51. The summed E-state index contributed by atoms with van der Waals surface area (Å²) in [6, 6.07) is 16.1. The summed E-state index contributed by atoms with van der Waals surface area (Å²) in [6.45, 7) is 2.56. The summed E-state index contributed by atoms with van der Waals surface area (Å²) >= 11 is 0. The van der Waals surface area contributed by atoms with Crippen LogP contribution in [-0.2, 0) is 14.3 Å². The number of carboxylic acid groups (broad SMARTS) is 1. The average Bonchev–Trinajstić information content (AvgIpc) is 3.52. The van der Waals surface area contributed by atoms with Gasteiger partial charge in [0.05, 0.1) is 0 Å². The van der Waals surface area contributed by atoms with Gasteiger partial charge >= 0.3 is 12.1 Å². The van der Waals surface area contributed by atoms with Crippen LogP contribution < -0.4 is 5.32 Å². The first-order valence-electron chi connectivity index (χ1n) is 12.1. The van der Waals surface area contributed by atoms with Crippen LogP contribution in [-0.4, -0.2) is 52.7 Å². The largest absolute Gasteiger partial charge is 0.479 e. The van der Waals surface area contributed by atoms with E-state index in [0.717, 1.165) is 24.0 Å². The number of nitrogens with zero attached hydrogens (tertiary/aromatic N) is 1. The van der Waals surface area contributed by atoms with Gasteiger partial charge in [0.2, 0.25) is 5.91 Å². The van der Waals surface area contributed by atoms with Crippen LogP contribution in [0.15, 0.2) is 48.5 Å². The number of ether oxygens (including phenoxy) is 1. The smallest absolute Gasteiger partial charge is 0.407 e. The Morgan fingerprint density at radius 2 is 1.76 bits per heavy atom. The Morgan fingerprint density at radius 3 is 2.41 bits per heavy atom. The fourth-order valence-corrected chi connectivity index (χ4v) is 5.80. The van der Waals surface area contributed by atoms with Gasteiger partial charge in [-0.3, -0.25) is 4.79 Å². The Balaban J connectivity index is 1.13. The Kier molecular flexibility index (Phi) is 5.80. The molecule has 34 heavy (non-hydrogen) atoms. The van der Waals surface area contributed by atoms with Crippen molar-refractivity contribution in [2.75, 3.05) is 13.2 Å². The maximum Gasteiger partial charge on any atom is 0.407 e. The van der Waals surface area contributed by atoms with Crippen molar-refractivity contribution in [2.24, 2.45) is 5.92 Å². The van der Waals surface area contributed by atoms with Gasteiger partial charge in [0, 0.05) is 24.9 Å². The first kappa shape index (κ1) is 22.4. The quantitative estimate of drug-likeness (QED) is 0.644. The number of nitrogens with one attached hydrogen (secondary N) is 1. The van der Waals surface area contributed by atoms with Gasteiger partial charge < -0.3 is 20.1 Å². The summed E-state index contributed by atoms with van der Waals surface area (Å²) in [6.07, 6.45) is 2.40. The van der Waals surface area contributed by atoms with Gasteiger partial charge in [-0.05, 0) is 60.8 Å². The number of hydrogen-bond acceptors (Lipinski definition) is 4. The molecule has 3 atom stereocenters. The number of alkyl carbamates (subject to hydrolysis) is 1. The molecule has 1 unspecified atom stereocenters. The molecule has 0 bridgehead atoms. The second-order valence-electron chi connectivity index (χ2n) is 9.73. The van der Waals surface area contributed by atoms with Gasteiger partial charge in [-0.2, -0.15) is 0 Å². The predicted molar refractivity (Wildman–Crippen MR) is 126 cm³/mol. The molecule has 2 amide bonds. The second kappa shape index (κ2) is 8.78. The molecule has 0 aromatic heterocycles. The maximum atomic E-state index is 12.8. The minimum atomic E-state index is -0.987. The van der Waals surface area contributed by atoms with Gasteiger partial charge in [-0.15, -0.1) is 0 Å². The summed E-state index contributed by atoms with van der Waals surface area (Å²) < 4.78 is 5.58. The van der Waals surface area contributed by atoms with E-state index in [1.54, 1.807) is 4.90 Å². The zero-order valence-electron chi connectivity index (χ0n) is 19.3. The van der Waals surface area contributed by atoms with Gasteiger partial charge in [-0.1, -0.05) is 48.5 Å². The number of benzene rings is 2. The normalized spacial score (nSPS) is 23.3. The average molecular weight is 463 g/mol. The van der Waals surface area contributed by atoms with Crippen molar-refractivity contribution in [3.8, 4) is 11.1 Å². The molecule has 2 fully saturated rings. The lowest BCUT2D eigenvalue weighted by atomic mass is 9.98. The number of amides is 2. The van der Waals surface area contributed by atoms with Crippen LogP contribution >= 0.6 is 0 Å². The van der Waals surface area contributed by atoms with Crippen molar-refractivity contribution < 1.29 is 24.2 Å². The Morgan fingerprint density at radius 1 is 1.12 bits per heavy atom. The number of fused-ring (bicyclic) bond motifs is 4. The fourth-order valence-electron chi connectivity index (χ4n) is 5.80. The van der Waals surface area contributed by atoms with E-state index in [1.807, 2.05) is 31.2 Å². The number of carboxylic acids is 1. The van der Waals surface area contributed by atoms with E-state index in [1.165, 1.54) is 11.1 Å². The number of rotatable bonds is 7. The predicted octanol–water partition coefficient (Wildman–Crippen LogP) is 4.16. The number of carbonyl (C=O) groups is 3. The van der Waals surface area contributed by atoms with Crippen LogP contribution in [0.2, 0.25) is 0 Å². The minimum absolute atomic E-state index is 0.00664. The number of carbonyl (C=O) groups excluding carboxylic acids is 2. The molecule has 0 radical (unpaired) electrons. The number of hydrogen-bond donors (Lipinski definition) is 2. The lowest BCUT2D eigenvalue weighted by molar-refractivity contribution is -0.154. The molecule has 3 aliphatic rings. The zero-order chi connectivity index (χ0) is 23.9. The Bertz CT molecular complexity index is 1090. The van der Waals surface area contributed by atoms with Crippen LogP contribution in [0.1, 0.15) is 56.1 Å². The lowest BCUT2D eigenvalue weighted by Gasteiger charge is -2.34. The summed E-state index contributed by atoms with van der Waals surface area (Å²) in [7, 11) is 0. The Hall–Kier alpha value is -3.35. The third-order valence-electron chi connectivity index (χ3n) is 7.66. The summed E-state index contributed by atoms with van der Waals surface area (Å²) in [5, 5.41) is 12.5. The molecular weight excluding hydrogens is 432 g/mol. The van der Waals surface area contributed by atoms with Crippen LogP contribution in [0.3, 0.4) is 0 Å². The van der Waals surface area contributed by atoms with E-state index >= 15 is 0 Å². The second-order valence-corrected chi connectivity index (χ2v) is 9.73. The fraction of sp³-hybridized carbons (Fsp3) is 0.444. The first-order valence-corrected chi connectivity index (χ1v) is 12.1. The molecule has 2 aliphatic carbocycles. The number of likely N-dealkylation sites (tertiary alicyclic amines) is 1. The van der Waals surface area contributed by atoms with E-state index in [2.05, 4.69) is 29.6 Å². The molecule has 0 spiro atoms. The van der Waals surface area contributed by atoms with Crippen LogP contribution in [0.25, 0.3) is 11.1 Å². The highest BCUT2D eigenvalue weighted by molar-refractivity contribution is 5.90. The van der Waals surface area contributed by atoms with Crippen LogP contribution in [0, 0.1) is 5.92 Å². The van der Waals surface area contributed by atoms with Crippen molar-refractivity contribution in [2.45, 2.75) is 56.5 Å². The van der Waals surface area contributed by atoms with E-state index in [9.17, 15) is 19.5 Å². The molecule has 1 saturated carbocycles. The van der Waals surface area contributed by atoms with Crippen molar-refractivity contribution in [1.82, 2.24) is 10.2 Å². The standard InChI is InChI=1S/C27H30N2O5/c1-17(12-13-24(30)29-14-6-7-18-15-27(18,29)25(31)32)28-26(33)34-16-23-21-10-4-2-8-19(21)20-9-3-5-11-22(20)23/h2-5,8-11,17-18,23H,6-7,12-16H2,1H3,(H,28,33)(H,31,32)/t17?,18-,27+/m1/s1. The van der Waals surface area contributed by atoms with Gasteiger partial charge in [0.25, 0.3) is 0 Å². The zero-order valence-corrected chi connectivity index (χ0v) is 19.3. The molecule has 5 rings (SSSR count). The van der Waals surface area contributed by atoms with Gasteiger partial charge in [0.1, 0.15) is 12.1 Å². The monoisotopic (exact) mass is 462 g/mol. The SMILES string of the molecule is CC(CCC(=O)N1CCC[C@@H]2C[C@@]21C(=O)O)NC(=O)OCC1c2ccccc2-c2ccccc21. The molecule has 1 saturated heterocycles. The van der Waals surface area contributed by atoms with Crippen molar-refractivity contribution in [1.29, 1.82) is 0 Å². The highest BCUT2D eigenvalue weighted by Gasteiger charge is 2.66. The first-order chi connectivity index (χ1) is 16.4. The molecule has 1 heterocycles. The number of aliphatic carboxylic acids is 1. The highest BCUT2D eigenvalue weighted by Crippen LogP contribution is 2.54. The summed E-state index contributed by atoms with van der Waals surface area (Å²) in [5.41, 5.74) is 3.67. The molecule has 2 aromatic carbocycles. The van der Waals surface area contributed by atoms with Crippen molar-refractivity contribution >= 4 is 18.0 Å². The topological polar surface area (TPSA) is 95.9 Å². The molecule has 7 heteroatoms.